The Morgan fingerprint density at radius 2 is 2.00 bits per heavy atom. The smallest absolute Gasteiger partial charge is 0.227 e. The van der Waals surface area contributed by atoms with Gasteiger partial charge in [-0.2, -0.15) is 0 Å². The van der Waals surface area contributed by atoms with Crippen LogP contribution in [0.15, 0.2) is 24.3 Å². The van der Waals surface area contributed by atoms with E-state index in [0.29, 0.717) is 19.6 Å². The minimum absolute atomic E-state index is 0.00303. The van der Waals surface area contributed by atoms with E-state index in [0.717, 1.165) is 18.0 Å². The first-order chi connectivity index (χ1) is 9.52. The molecule has 20 heavy (non-hydrogen) atoms. The summed E-state index contributed by atoms with van der Waals surface area (Å²) in [7, 11) is 4.01. The lowest BCUT2D eigenvalue weighted by Gasteiger charge is -2.13. The molecule has 0 heterocycles. The molecule has 1 rings (SSSR count). The van der Waals surface area contributed by atoms with Gasteiger partial charge in [-0.05, 0) is 51.3 Å². The number of benzene rings is 1. The second kappa shape index (κ2) is 8.55. The Balaban J connectivity index is 2.44. The molecule has 0 radical (unpaired) electrons. The van der Waals surface area contributed by atoms with Crippen LogP contribution in [0.25, 0.3) is 0 Å². The summed E-state index contributed by atoms with van der Waals surface area (Å²) in [5, 5.41) is 2.87. The monoisotopic (exact) mass is 279 g/mol. The molecule has 0 aliphatic heterocycles. The van der Waals surface area contributed by atoms with Crippen molar-refractivity contribution >= 4 is 11.6 Å². The zero-order valence-electron chi connectivity index (χ0n) is 12.6. The van der Waals surface area contributed by atoms with Crippen molar-refractivity contribution in [3.8, 4) is 5.75 Å². The van der Waals surface area contributed by atoms with Crippen LogP contribution in [0.1, 0.15) is 13.3 Å². The van der Waals surface area contributed by atoms with Gasteiger partial charge in [0.1, 0.15) is 12.4 Å². The summed E-state index contributed by atoms with van der Waals surface area (Å²) in [6.45, 7) is 3.91. The number of ether oxygens (including phenoxy) is 1. The largest absolute Gasteiger partial charge is 0.492 e. The highest BCUT2D eigenvalue weighted by molar-refractivity contribution is 5.92. The molecule has 5 heteroatoms. The van der Waals surface area contributed by atoms with E-state index in [1.54, 1.807) is 0 Å². The number of nitrogens with zero attached hydrogens (tertiary/aromatic N) is 1. The molecule has 3 N–H and O–H groups in total. The fourth-order valence-electron chi connectivity index (χ4n) is 1.63. The van der Waals surface area contributed by atoms with Crippen molar-refractivity contribution in [1.29, 1.82) is 0 Å². The van der Waals surface area contributed by atoms with Gasteiger partial charge >= 0.3 is 0 Å². The second-order valence-corrected chi connectivity index (χ2v) is 5.14. The minimum Gasteiger partial charge on any atom is -0.492 e. The first kappa shape index (κ1) is 16.5. The predicted molar refractivity (Wildman–Crippen MR) is 82.0 cm³/mol. The summed E-state index contributed by atoms with van der Waals surface area (Å²) in [6, 6.07) is 7.41. The summed E-state index contributed by atoms with van der Waals surface area (Å²) < 4.78 is 5.59. The third kappa shape index (κ3) is 6.04. The van der Waals surface area contributed by atoms with Gasteiger partial charge in [-0.1, -0.05) is 6.92 Å². The van der Waals surface area contributed by atoms with Crippen LogP contribution in [0.2, 0.25) is 0 Å². The van der Waals surface area contributed by atoms with Crippen LogP contribution in [-0.4, -0.2) is 44.6 Å². The van der Waals surface area contributed by atoms with Crippen LogP contribution in [0.5, 0.6) is 5.75 Å². The Morgan fingerprint density at radius 3 is 2.55 bits per heavy atom. The molecule has 0 fully saturated rings. The van der Waals surface area contributed by atoms with Gasteiger partial charge in [-0.25, -0.2) is 0 Å². The van der Waals surface area contributed by atoms with Gasteiger partial charge in [0.25, 0.3) is 0 Å². The molecular weight excluding hydrogens is 254 g/mol. The zero-order valence-corrected chi connectivity index (χ0v) is 12.6. The van der Waals surface area contributed by atoms with Crippen LogP contribution in [0.4, 0.5) is 5.69 Å². The van der Waals surface area contributed by atoms with Crippen LogP contribution in [-0.2, 0) is 4.79 Å². The maximum Gasteiger partial charge on any atom is 0.227 e. The lowest BCUT2D eigenvalue weighted by molar-refractivity contribution is -0.119. The number of carbonyl (C=O) groups excluding carboxylic acids is 1. The van der Waals surface area contributed by atoms with E-state index < -0.39 is 0 Å². The summed E-state index contributed by atoms with van der Waals surface area (Å²) in [6.07, 6.45) is 0.692. The molecule has 1 aromatic carbocycles. The molecule has 112 valence electrons. The Kier molecular flexibility index (Phi) is 7.04. The van der Waals surface area contributed by atoms with Crippen LogP contribution in [0, 0.1) is 5.92 Å². The number of nitrogens with two attached hydrogens (primary N) is 1. The van der Waals surface area contributed by atoms with E-state index in [1.807, 2.05) is 45.3 Å². The highest BCUT2D eigenvalue weighted by atomic mass is 16.5. The lowest BCUT2D eigenvalue weighted by Crippen LogP contribution is -2.22. The average molecular weight is 279 g/mol. The first-order valence-electron chi connectivity index (χ1n) is 6.91. The van der Waals surface area contributed by atoms with E-state index in [1.165, 1.54) is 0 Å². The maximum absolute atomic E-state index is 11.8. The van der Waals surface area contributed by atoms with Gasteiger partial charge in [-0.3, -0.25) is 4.79 Å². The first-order valence-corrected chi connectivity index (χ1v) is 6.91. The molecule has 0 spiro atoms. The van der Waals surface area contributed by atoms with Crippen LogP contribution in [0.3, 0.4) is 0 Å². The number of hydrogen-bond donors (Lipinski definition) is 2. The summed E-state index contributed by atoms with van der Waals surface area (Å²) in [5.41, 5.74) is 6.22. The summed E-state index contributed by atoms with van der Waals surface area (Å²) in [5.74, 6) is 0.729. The standard InChI is InChI=1S/C15H25N3O2/c1-12(8-9-16)15(19)17-13-4-6-14(7-5-13)20-11-10-18(2)3/h4-7,12H,8-11,16H2,1-3H3,(H,17,19). The Hall–Kier alpha value is -1.59. The Morgan fingerprint density at radius 1 is 1.35 bits per heavy atom. The fourth-order valence-corrected chi connectivity index (χ4v) is 1.63. The number of rotatable bonds is 8. The Bertz CT molecular complexity index is 404. The van der Waals surface area contributed by atoms with Gasteiger partial charge < -0.3 is 20.7 Å². The summed E-state index contributed by atoms with van der Waals surface area (Å²) in [4.78, 5) is 13.9. The number of anilines is 1. The van der Waals surface area contributed by atoms with Crippen molar-refractivity contribution in [2.45, 2.75) is 13.3 Å². The molecular formula is C15H25N3O2. The van der Waals surface area contributed by atoms with Crippen molar-refractivity contribution in [3.63, 3.8) is 0 Å². The molecule has 0 bridgehead atoms. The number of likely N-dealkylation sites (N-methyl/N-ethyl adjacent to an activating group) is 1. The van der Waals surface area contributed by atoms with Crippen molar-refractivity contribution < 1.29 is 9.53 Å². The third-order valence-electron chi connectivity index (χ3n) is 2.98. The molecule has 0 aliphatic carbocycles. The molecule has 1 atom stereocenters. The van der Waals surface area contributed by atoms with Gasteiger partial charge in [0.2, 0.25) is 5.91 Å². The Labute approximate surface area is 121 Å². The van der Waals surface area contributed by atoms with Crippen LogP contribution < -0.4 is 15.8 Å². The molecule has 0 saturated carbocycles. The van der Waals surface area contributed by atoms with Crippen molar-refractivity contribution in [2.75, 3.05) is 39.1 Å². The van der Waals surface area contributed by atoms with E-state index in [-0.39, 0.29) is 11.8 Å². The number of amides is 1. The zero-order chi connectivity index (χ0) is 15.0. The van der Waals surface area contributed by atoms with E-state index >= 15 is 0 Å². The van der Waals surface area contributed by atoms with Gasteiger partial charge in [-0.15, -0.1) is 0 Å². The van der Waals surface area contributed by atoms with Crippen molar-refractivity contribution in [2.24, 2.45) is 11.7 Å². The second-order valence-electron chi connectivity index (χ2n) is 5.14. The molecule has 0 aromatic heterocycles. The van der Waals surface area contributed by atoms with Crippen molar-refractivity contribution in [3.05, 3.63) is 24.3 Å². The number of nitrogens with one attached hydrogen (secondary N) is 1. The number of hydrogen-bond acceptors (Lipinski definition) is 4. The molecule has 1 aromatic rings. The van der Waals surface area contributed by atoms with Gasteiger partial charge in [0.05, 0.1) is 0 Å². The molecule has 1 amide bonds. The summed E-state index contributed by atoms with van der Waals surface area (Å²) >= 11 is 0. The molecule has 5 nitrogen and oxygen atoms in total. The topological polar surface area (TPSA) is 67.6 Å². The predicted octanol–water partition coefficient (Wildman–Crippen LogP) is 1.55. The van der Waals surface area contributed by atoms with E-state index in [2.05, 4.69) is 10.2 Å². The lowest BCUT2D eigenvalue weighted by atomic mass is 10.1. The molecule has 0 saturated heterocycles. The average Bonchev–Trinajstić information content (AvgIpc) is 2.40. The molecule has 1 unspecified atom stereocenters. The highest BCUT2D eigenvalue weighted by Gasteiger charge is 2.11. The van der Waals surface area contributed by atoms with Crippen LogP contribution >= 0.6 is 0 Å². The third-order valence-corrected chi connectivity index (χ3v) is 2.98. The minimum atomic E-state index is -0.0731. The maximum atomic E-state index is 11.8. The van der Waals surface area contributed by atoms with E-state index in [9.17, 15) is 4.79 Å². The molecule has 0 aliphatic rings. The van der Waals surface area contributed by atoms with E-state index in [4.69, 9.17) is 10.5 Å². The highest BCUT2D eigenvalue weighted by Crippen LogP contribution is 2.16. The van der Waals surface area contributed by atoms with Gasteiger partial charge in [0.15, 0.2) is 0 Å². The number of carbonyl (C=O) groups is 1. The quantitative estimate of drug-likeness (QED) is 0.757. The SMILES string of the molecule is CC(CCN)C(=O)Nc1ccc(OCCN(C)C)cc1. The van der Waals surface area contributed by atoms with Crippen molar-refractivity contribution in [1.82, 2.24) is 4.90 Å². The van der Waals surface area contributed by atoms with Gasteiger partial charge in [0, 0.05) is 18.2 Å². The fraction of sp³-hybridized carbons (Fsp3) is 0.533. The normalized spacial score (nSPS) is 12.2.